The molecule has 1 nitrogen and oxygen atoms in total. The Morgan fingerprint density at radius 1 is 1.80 bits per heavy atom. The van der Waals surface area contributed by atoms with Crippen molar-refractivity contribution in [1.82, 2.24) is 0 Å². The number of hydrogen-bond donors (Lipinski definition) is 1. The van der Waals surface area contributed by atoms with Crippen molar-refractivity contribution >= 4 is 9.52 Å². The molecule has 0 unspecified atom stereocenters. The third-order valence-corrected chi connectivity index (χ3v) is 1.54. The Morgan fingerprint density at radius 3 is 2.40 bits per heavy atom. The number of aliphatic hydroxyl groups is 1. The topological polar surface area (TPSA) is 20.2 Å². The second kappa shape index (κ2) is 4.18. The van der Waals surface area contributed by atoms with Crippen molar-refractivity contribution in [2.24, 2.45) is 0 Å². The molecule has 0 spiro atoms. The smallest absolute Gasteiger partial charge is 0.0510 e. The van der Waals surface area contributed by atoms with Crippen molar-refractivity contribution in [3.8, 4) is 0 Å². The van der Waals surface area contributed by atoms with Gasteiger partial charge in [-0.15, -0.1) is 0 Å². The molecule has 0 aliphatic carbocycles. The normalized spacial score (nSPS) is 10.8. The highest BCUT2D eigenvalue weighted by Crippen LogP contribution is 1.66. The highest BCUT2D eigenvalue weighted by Gasteiger charge is 1.71. The average molecular weight is 90.2 g/mol. The molecule has 0 aromatic heterocycles. The molecule has 0 heterocycles. The lowest BCUT2D eigenvalue weighted by atomic mass is 11.0. The van der Waals surface area contributed by atoms with E-state index in [4.69, 9.17) is 5.11 Å². The van der Waals surface area contributed by atoms with E-state index in [1.165, 1.54) is 6.04 Å². The second-order valence-electron chi connectivity index (χ2n) is 1.08. The van der Waals surface area contributed by atoms with Gasteiger partial charge in [-0.25, -0.2) is 0 Å². The van der Waals surface area contributed by atoms with Crippen LogP contribution in [0.3, 0.4) is 0 Å². The van der Waals surface area contributed by atoms with Crippen LogP contribution in [0.5, 0.6) is 0 Å². The summed E-state index contributed by atoms with van der Waals surface area (Å²) in [7, 11) is -0.0123. The first kappa shape index (κ1) is 5.18. The van der Waals surface area contributed by atoms with E-state index in [1.807, 2.05) is 0 Å². The number of hydrogen-bond acceptors (Lipinski definition) is 1. The maximum Gasteiger partial charge on any atom is 0.0510 e. The van der Waals surface area contributed by atoms with Crippen molar-refractivity contribution in [2.45, 2.75) is 13.0 Å². The lowest BCUT2D eigenvalue weighted by Crippen LogP contribution is -1.91. The van der Waals surface area contributed by atoms with Crippen LogP contribution in [-0.2, 0) is 0 Å². The van der Waals surface area contributed by atoms with E-state index in [0.717, 1.165) is 0 Å². The van der Waals surface area contributed by atoms with E-state index < -0.39 is 0 Å². The first-order valence-electron chi connectivity index (χ1n) is 2.02. The Labute approximate surface area is 34.8 Å². The maximum atomic E-state index is 8.13. The summed E-state index contributed by atoms with van der Waals surface area (Å²) in [6.07, 6.45) is 0.483. The standard InChI is InChI=1S/C3H10OSi/c1-2-5-3-4/h4H,2-3,5H2,1H3. The zero-order valence-electron chi connectivity index (χ0n) is 3.57. The second-order valence-corrected chi connectivity index (χ2v) is 3.23. The van der Waals surface area contributed by atoms with Gasteiger partial charge in [-0.05, 0) is 0 Å². The summed E-state index contributed by atoms with van der Waals surface area (Å²) in [6, 6.07) is 1.23. The van der Waals surface area contributed by atoms with E-state index in [1.54, 1.807) is 0 Å². The summed E-state index contributed by atoms with van der Waals surface area (Å²) in [6.45, 7) is 2.11. The van der Waals surface area contributed by atoms with Crippen molar-refractivity contribution in [3.05, 3.63) is 0 Å². The summed E-state index contributed by atoms with van der Waals surface area (Å²) < 4.78 is 0. The van der Waals surface area contributed by atoms with Crippen LogP contribution in [0.25, 0.3) is 0 Å². The molecule has 0 fully saturated rings. The van der Waals surface area contributed by atoms with Gasteiger partial charge in [0.05, 0.1) is 9.52 Å². The molecule has 0 amide bonds. The van der Waals surface area contributed by atoms with Crippen molar-refractivity contribution < 1.29 is 5.11 Å². The molecule has 5 heavy (non-hydrogen) atoms. The molecule has 0 atom stereocenters. The number of rotatable bonds is 2. The fourth-order valence-electron chi connectivity index (χ4n) is 0.158. The van der Waals surface area contributed by atoms with Gasteiger partial charge >= 0.3 is 0 Å². The van der Waals surface area contributed by atoms with Crippen LogP contribution < -0.4 is 0 Å². The lowest BCUT2D eigenvalue weighted by molar-refractivity contribution is 0.366. The van der Waals surface area contributed by atoms with Crippen molar-refractivity contribution in [3.63, 3.8) is 0 Å². The van der Waals surface area contributed by atoms with Crippen LogP contribution in [0.1, 0.15) is 6.92 Å². The van der Waals surface area contributed by atoms with Gasteiger partial charge in [0.2, 0.25) is 0 Å². The van der Waals surface area contributed by atoms with Crippen LogP contribution in [-0.4, -0.2) is 20.9 Å². The SMILES string of the molecule is CC[SiH2]CO. The molecule has 0 aliphatic rings. The molecule has 0 radical (unpaired) electrons. The molecule has 0 aromatic rings. The van der Waals surface area contributed by atoms with Crippen LogP contribution in [0.15, 0.2) is 0 Å². The van der Waals surface area contributed by atoms with Gasteiger partial charge in [0.1, 0.15) is 0 Å². The van der Waals surface area contributed by atoms with Gasteiger partial charge in [0.15, 0.2) is 0 Å². The predicted molar refractivity (Wildman–Crippen MR) is 26.1 cm³/mol. The fraction of sp³-hybridized carbons (Fsp3) is 1.00. The van der Waals surface area contributed by atoms with Gasteiger partial charge in [-0.1, -0.05) is 13.0 Å². The minimum absolute atomic E-state index is 0.0123. The first-order chi connectivity index (χ1) is 2.41. The number of aliphatic hydroxyl groups excluding tert-OH is 1. The molecule has 0 bridgehead atoms. The lowest BCUT2D eigenvalue weighted by Gasteiger charge is -1.77. The van der Waals surface area contributed by atoms with Crippen LogP contribution >= 0.6 is 0 Å². The summed E-state index contributed by atoms with van der Waals surface area (Å²) in [4.78, 5) is 0. The van der Waals surface area contributed by atoms with E-state index in [2.05, 4.69) is 6.92 Å². The quantitative estimate of drug-likeness (QED) is 0.455. The average Bonchev–Trinajstić information content (AvgIpc) is 1.41. The fourth-order valence-corrected chi connectivity index (χ4v) is 0.474. The first-order valence-corrected chi connectivity index (χ1v) is 4.02. The monoisotopic (exact) mass is 90.1 g/mol. The zero-order valence-corrected chi connectivity index (χ0v) is 4.98. The summed E-state index contributed by atoms with van der Waals surface area (Å²) in [5.74, 6) is 0. The van der Waals surface area contributed by atoms with Crippen LogP contribution in [0, 0.1) is 0 Å². The largest absolute Gasteiger partial charge is 0.400 e. The van der Waals surface area contributed by atoms with Gasteiger partial charge in [-0.2, -0.15) is 0 Å². The Balaban J connectivity index is 2.19. The van der Waals surface area contributed by atoms with Crippen LogP contribution in [0.2, 0.25) is 6.04 Å². The van der Waals surface area contributed by atoms with Crippen molar-refractivity contribution in [2.75, 3.05) is 6.23 Å². The highest BCUT2D eigenvalue weighted by molar-refractivity contribution is 6.34. The summed E-state index contributed by atoms with van der Waals surface area (Å²) in [5, 5.41) is 8.13. The molecule has 32 valence electrons. The third-order valence-electron chi connectivity index (χ3n) is 0.512. The molecule has 1 N–H and O–H groups in total. The van der Waals surface area contributed by atoms with Gasteiger partial charge in [0, 0.05) is 6.23 Å². The van der Waals surface area contributed by atoms with E-state index >= 15 is 0 Å². The van der Waals surface area contributed by atoms with Crippen LogP contribution in [0.4, 0.5) is 0 Å². The van der Waals surface area contributed by atoms with E-state index in [0.29, 0.717) is 6.23 Å². The van der Waals surface area contributed by atoms with Gasteiger partial charge in [0.25, 0.3) is 0 Å². The third kappa shape index (κ3) is 4.18. The molecular formula is C3H10OSi. The molecule has 0 aliphatic heterocycles. The zero-order chi connectivity index (χ0) is 4.12. The van der Waals surface area contributed by atoms with Gasteiger partial charge in [-0.3, -0.25) is 0 Å². The van der Waals surface area contributed by atoms with E-state index in [9.17, 15) is 0 Å². The Hall–Kier alpha value is 0.177. The molecule has 2 heteroatoms. The Morgan fingerprint density at radius 2 is 2.40 bits per heavy atom. The molecular weight excluding hydrogens is 80.1 g/mol. The molecule has 0 saturated carbocycles. The molecule has 0 aromatic carbocycles. The Bertz CT molecular complexity index is 14.4. The maximum absolute atomic E-state index is 8.13. The predicted octanol–water partition coefficient (Wildman–Crippen LogP) is -0.457. The minimum atomic E-state index is -0.0123. The summed E-state index contributed by atoms with van der Waals surface area (Å²) in [5.41, 5.74) is 0. The van der Waals surface area contributed by atoms with E-state index in [-0.39, 0.29) is 9.52 Å². The van der Waals surface area contributed by atoms with Crippen molar-refractivity contribution in [1.29, 1.82) is 0 Å². The Kier molecular flexibility index (Phi) is 4.32. The molecule has 0 rings (SSSR count). The highest BCUT2D eigenvalue weighted by atomic mass is 28.2. The molecule has 0 saturated heterocycles. The summed E-state index contributed by atoms with van der Waals surface area (Å²) >= 11 is 0. The van der Waals surface area contributed by atoms with Gasteiger partial charge < -0.3 is 5.11 Å². The minimum Gasteiger partial charge on any atom is -0.400 e.